The molecule has 0 spiro atoms. The van der Waals surface area contributed by atoms with Gasteiger partial charge in [-0.25, -0.2) is 4.68 Å². The monoisotopic (exact) mass is 498 g/mol. The molecule has 37 heavy (non-hydrogen) atoms. The van der Waals surface area contributed by atoms with E-state index in [1.807, 2.05) is 24.3 Å². The van der Waals surface area contributed by atoms with Gasteiger partial charge in [-0.1, -0.05) is 37.3 Å². The molecule has 0 radical (unpaired) electrons. The number of amides is 4. The average Bonchev–Trinajstić information content (AvgIpc) is 3.60. The van der Waals surface area contributed by atoms with Gasteiger partial charge in [0.05, 0.1) is 11.9 Å². The first-order chi connectivity index (χ1) is 17.8. The first kappa shape index (κ1) is 23.1. The summed E-state index contributed by atoms with van der Waals surface area (Å²) in [4.78, 5) is 53.5. The van der Waals surface area contributed by atoms with E-state index in [2.05, 4.69) is 35.5 Å². The lowest BCUT2D eigenvalue weighted by Crippen LogP contribution is -2.52. The SMILES string of the molecule is CC(C)C1CN(C(=O)c2cn(-c3ccc4c(c3)CN(C3CCC(=O)NC3=O)C4=O)nn2)c2ccccc21. The number of para-hydroxylation sites is 1. The summed E-state index contributed by atoms with van der Waals surface area (Å²) in [6, 6.07) is 12.6. The van der Waals surface area contributed by atoms with E-state index in [0.717, 1.165) is 11.3 Å². The predicted molar refractivity (Wildman–Crippen MR) is 133 cm³/mol. The third-order valence-corrected chi connectivity index (χ3v) is 7.54. The number of fused-ring (bicyclic) bond motifs is 2. The van der Waals surface area contributed by atoms with Crippen LogP contribution in [0.15, 0.2) is 48.7 Å². The van der Waals surface area contributed by atoms with Crippen molar-refractivity contribution in [2.45, 2.75) is 45.2 Å². The number of hydrogen-bond donors (Lipinski definition) is 1. The van der Waals surface area contributed by atoms with E-state index in [0.29, 0.717) is 30.1 Å². The van der Waals surface area contributed by atoms with Crippen LogP contribution < -0.4 is 10.2 Å². The molecule has 1 fully saturated rings. The van der Waals surface area contributed by atoms with Crippen molar-refractivity contribution in [3.8, 4) is 5.69 Å². The minimum Gasteiger partial charge on any atom is -0.322 e. The van der Waals surface area contributed by atoms with Gasteiger partial charge >= 0.3 is 0 Å². The molecule has 1 N–H and O–H groups in total. The highest BCUT2D eigenvalue weighted by atomic mass is 16.2. The molecule has 1 saturated heterocycles. The van der Waals surface area contributed by atoms with Crippen LogP contribution in [0.25, 0.3) is 5.69 Å². The molecule has 188 valence electrons. The van der Waals surface area contributed by atoms with Crippen LogP contribution in [-0.4, -0.2) is 56.1 Å². The number of piperidine rings is 1. The zero-order valence-corrected chi connectivity index (χ0v) is 20.5. The first-order valence-corrected chi connectivity index (χ1v) is 12.4. The summed E-state index contributed by atoms with van der Waals surface area (Å²) < 4.78 is 1.52. The van der Waals surface area contributed by atoms with E-state index in [4.69, 9.17) is 0 Å². The molecule has 3 aromatic rings. The molecule has 0 saturated carbocycles. The summed E-state index contributed by atoms with van der Waals surface area (Å²) in [6.45, 7) is 5.17. The molecule has 0 aliphatic carbocycles. The fourth-order valence-electron chi connectivity index (χ4n) is 5.53. The lowest BCUT2D eigenvalue weighted by molar-refractivity contribution is -0.136. The quantitative estimate of drug-likeness (QED) is 0.552. The highest BCUT2D eigenvalue weighted by Crippen LogP contribution is 2.40. The zero-order chi connectivity index (χ0) is 25.8. The van der Waals surface area contributed by atoms with Crippen molar-refractivity contribution < 1.29 is 19.2 Å². The van der Waals surface area contributed by atoms with Gasteiger partial charge in [-0.3, -0.25) is 24.5 Å². The Balaban J connectivity index is 1.23. The van der Waals surface area contributed by atoms with Crippen LogP contribution in [0.3, 0.4) is 0 Å². The van der Waals surface area contributed by atoms with Gasteiger partial charge in [-0.2, -0.15) is 0 Å². The van der Waals surface area contributed by atoms with E-state index in [1.54, 1.807) is 23.2 Å². The van der Waals surface area contributed by atoms with Crippen molar-refractivity contribution in [3.05, 3.63) is 71.0 Å². The van der Waals surface area contributed by atoms with Crippen molar-refractivity contribution in [1.82, 2.24) is 25.2 Å². The summed E-state index contributed by atoms with van der Waals surface area (Å²) in [7, 11) is 0. The molecule has 1 aromatic heterocycles. The topological polar surface area (TPSA) is 118 Å². The van der Waals surface area contributed by atoms with Crippen molar-refractivity contribution in [1.29, 1.82) is 0 Å². The van der Waals surface area contributed by atoms with Gasteiger partial charge in [0.2, 0.25) is 11.8 Å². The number of benzene rings is 2. The maximum Gasteiger partial charge on any atom is 0.280 e. The summed E-state index contributed by atoms with van der Waals surface area (Å²) in [6.07, 6.45) is 2.12. The lowest BCUT2D eigenvalue weighted by atomic mass is 9.90. The zero-order valence-electron chi connectivity index (χ0n) is 20.5. The average molecular weight is 499 g/mol. The Kier molecular flexibility index (Phi) is 5.40. The van der Waals surface area contributed by atoms with Gasteiger partial charge in [-0.15, -0.1) is 5.10 Å². The van der Waals surface area contributed by atoms with Crippen LogP contribution in [-0.2, 0) is 16.1 Å². The molecule has 4 amide bonds. The summed E-state index contributed by atoms with van der Waals surface area (Å²) in [5, 5.41) is 10.6. The maximum absolute atomic E-state index is 13.4. The second-order valence-electron chi connectivity index (χ2n) is 10.1. The fraction of sp³-hybridized carbons (Fsp3) is 0.333. The molecule has 2 aromatic carbocycles. The Bertz CT molecular complexity index is 1460. The minimum atomic E-state index is -0.672. The van der Waals surface area contributed by atoms with E-state index in [1.165, 1.54) is 15.1 Å². The standard InChI is InChI=1S/C27H26N6O4/c1-15(2)20-13-32(22-6-4-3-5-19(20)22)27(37)21-14-33(30-29-21)17-7-8-18-16(11-17)12-31(26(18)36)23-9-10-24(34)28-25(23)35/h3-8,11,14-15,20,23H,9-10,12-13H2,1-2H3,(H,28,34,35). The van der Waals surface area contributed by atoms with Gasteiger partial charge < -0.3 is 9.80 Å². The van der Waals surface area contributed by atoms with Crippen LogP contribution in [0.5, 0.6) is 0 Å². The van der Waals surface area contributed by atoms with E-state index >= 15 is 0 Å². The van der Waals surface area contributed by atoms with Crippen LogP contribution in [0.4, 0.5) is 5.69 Å². The molecular formula is C27H26N6O4. The Morgan fingerprint density at radius 1 is 1.11 bits per heavy atom. The Morgan fingerprint density at radius 2 is 1.92 bits per heavy atom. The van der Waals surface area contributed by atoms with Gasteiger partial charge in [0.15, 0.2) is 5.69 Å². The number of nitrogens with one attached hydrogen (secondary N) is 1. The third kappa shape index (κ3) is 3.80. The highest BCUT2D eigenvalue weighted by molar-refractivity contribution is 6.06. The third-order valence-electron chi connectivity index (χ3n) is 7.54. The number of carbonyl (C=O) groups is 4. The van der Waals surface area contributed by atoms with Crippen molar-refractivity contribution >= 4 is 29.3 Å². The molecule has 0 bridgehead atoms. The molecule has 2 unspecified atom stereocenters. The number of nitrogens with zero attached hydrogens (tertiary/aromatic N) is 5. The number of anilines is 1. The summed E-state index contributed by atoms with van der Waals surface area (Å²) >= 11 is 0. The molecule has 2 atom stereocenters. The lowest BCUT2D eigenvalue weighted by Gasteiger charge is -2.29. The second kappa shape index (κ2) is 8.65. The van der Waals surface area contributed by atoms with Crippen LogP contribution in [0.2, 0.25) is 0 Å². The summed E-state index contributed by atoms with van der Waals surface area (Å²) in [5.74, 6) is -0.554. The van der Waals surface area contributed by atoms with Gasteiger partial charge in [0.25, 0.3) is 11.8 Å². The number of carbonyl (C=O) groups excluding carboxylic acids is 4. The van der Waals surface area contributed by atoms with Gasteiger partial charge in [0.1, 0.15) is 6.04 Å². The molecule has 10 heteroatoms. The summed E-state index contributed by atoms with van der Waals surface area (Å²) in [5.41, 5.74) is 4.24. The van der Waals surface area contributed by atoms with Crippen LogP contribution >= 0.6 is 0 Å². The number of hydrogen-bond acceptors (Lipinski definition) is 6. The Hall–Kier alpha value is -4.34. The van der Waals surface area contributed by atoms with Gasteiger partial charge in [-0.05, 0) is 47.7 Å². The molecule has 3 aliphatic heterocycles. The number of rotatable bonds is 4. The smallest absolute Gasteiger partial charge is 0.280 e. The second-order valence-corrected chi connectivity index (χ2v) is 10.1. The molecule has 10 nitrogen and oxygen atoms in total. The van der Waals surface area contributed by atoms with Crippen LogP contribution in [0, 0.1) is 5.92 Å². The fourth-order valence-corrected chi connectivity index (χ4v) is 5.53. The Labute approximate surface area is 213 Å². The Morgan fingerprint density at radius 3 is 2.70 bits per heavy atom. The van der Waals surface area contributed by atoms with E-state index < -0.39 is 11.9 Å². The van der Waals surface area contributed by atoms with Crippen LogP contribution in [0.1, 0.15) is 64.6 Å². The molecule has 6 rings (SSSR count). The number of imide groups is 1. The normalized spacial score (nSPS) is 20.9. The predicted octanol–water partition coefficient (Wildman–Crippen LogP) is 2.43. The molecule has 3 aliphatic rings. The van der Waals surface area contributed by atoms with Crippen molar-refractivity contribution in [2.24, 2.45) is 5.92 Å². The molecule has 4 heterocycles. The minimum absolute atomic E-state index is 0.205. The largest absolute Gasteiger partial charge is 0.322 e. The van der Waals surface area contributed by atoms with Gasteiger partial charge in [0, 0.05) is 36.7 Å². The highest BCUT2D eigenvalue weighted by Gasteiger charge is 2.39. The first-order valence-electron chi connectivity index (χ1n) is 12.4. The number of aromatic nitrogens is 3. The van der Waals surface area contributed by atoms with Crippen molar-refractivity contribution in [3.63, 3.8) is 0 Å². The van der Waals surface area contributed by atoms with E-state index in [9.17, 15) is 19.2 Å². The van der Waals surface area contributed by atoms with E-state index in [-0.39, 0.29) is 42.3 Å². The molecular weight excluding hydrogens is 472 g/mol. The maximum atomic E-state index is 13.4. The van der Waals surface area contributed by atoms with Crippen molar-refractivity contribution in [2.75, 3.05) is 11.4 Å².